The van der Waals surface area contributed by atoms with Crippen molar-refractivity contribution in [3.8, 4) is 0 Å². The van der Waals surface area contributed by atoms with Crippen molar-refractivity contribution in [1.29, 1.82) is 0 Å². The summed E-state index contributed by atoms with van der Waals surface area (Å²) in [5.74, 6) is 0. The first-order valence-electron chi connectivity index (χ1n) is 1.52. The molecule has 1 heterocycles. The maximum absolute atomic E-state index is 4.58. The standard InChI is InChI=1S/C3H5NO.BrH/c1-2-4-5-3-1;/h1-2,4H,3H2;1H. The number of rotatable bonds is 0. The van der Waals surface area contributed by atoms with Crippen LogP contribution in [-0.4, -0.2) is 6.61 Å². The van der Waals surface area contributed by atoms with Crippen molar-refractivity contribution in [2.75, 3.05) is 6.61 Å². The molecule has 0 spiro atoms. The maximum atomic E-state index is 4.58. The summed E-state index contributed by atoms with van der Waals surface area (Å²) < 4.78 is 0. The Morgan fingerprint density at radius 2 is 2.50 bits per heavy atom. The second-order valence-electron chi connectivity index (χ2n) is 0.831. The van der Waals surface area contributed by atoms with E-state index in [-0.39, 0.29) is 17.0 Å². The summed E-state index contributed by atoms with van der Waals surface area (Å²) in [6, 6.07) is 0. The van der Waals surface area contributed by atoms with Gasteiger partial charge < -0.3 is 0 Å². The molecule has 1 rings (SSSR count). The summed E-state index contributed by atoms with van der Waals surface area (Å²) >= 11 is 0. The molecule has 0 fully saturated rings. The van der Waals surface area contributed by atoms with E-state index in [1.54, 1.807) is 6.20 Å². The van der Waals surface area contributed by atoms with Crippen LogP contribution in [0.5, 0.6) is 0 Å². The predicted molar refractivity (Wildman–Crippen MR) is 28.5 cm³/mol. The second kappa shape index (κ2) is 3.18. The highest BCUT2D eigenvalue weighted by molar-refractivity contribution is 8.93. The van der Waals surface area contributed by atoms with Crippen molar-refractivity contribution in [2.24, 2.45) is 0 Å². The molecule has 0 aliphatic carbocycles. The zero-order chi connectivity index (χ0) is 3.54. The Kier molecular flexibility index (Phi) is 3.17. The number of nitrogens with one attached hydrogen (secondary N) is 1. The first-order valence-corrected chi connectivity index (χ1v) is 1.52. The molecular weight excluding hydrogens is 146 g/mol. The van der Waals surface area contributed by atoms with Crippen LogP contribution in [0.15, 0.2) is 12.3 Å². The average Bonchev–Trinajstić information content (AvgIpc) is 1.76. The van der Waals surface area contributed by atoms with Crippen LogP contribution in [0.4, 0.5) is 0 Å². The fourth-order valence-corrected chi connectivity index (χ4v) is 0.241. The lowest BCUT2D eigenvalue weighted by Crippen LogP contribution is -1.95. The van der Waals surface area contributed by atoms with Gasteiger partial charge in [-0.1, -0.05) is 0 Å². The average molecular weight is 152 g/mol. The van der Waals surface area contributed by atoms with E-state index >= 15 is 0 Å². The van der Waals surface area contributed by atoms with Crippen LogP contribution >= 0.6 is 17.0 Å². The Morgan fingerprint density at radius 3 is 2.67 bits per heavy atom. The number of hydrogen-bond donors (Lipinski definition) is 1. The summed E-state index contributed by atoms with van der Waals surface area (Å²) in [6.07, 6.45) is 3.67. The van der Waals surface area contributed by atoms with Gasteiger partial charge in [0.15, 0.2) is 0 Å². The van der Waals surface area contributed by atoms with Crippen molar-refractivity contribution in [3.63, 3.8) is 0 Å². The second-order valence-corrected chi connectivity index (χ2v) is 0.831. The molecule has 1 aliphatic heterocycles. The minimum absolute atomic E-state index is 0. The van der Waals surface area contributed by atoms with E-state index in [4.69, 9.17) is 0 Å². The van der Waals surface area contributed by atoms with Crippen molar-refractivity contribution < 1.29 is 4.84 Å². The van der Waals surface area contributed by atoms with Crippen LogP contribution in [0, 0.1) is 0 Å². The van der Waals surface area contributed by atoms with Crippen molar-refractivity contribution >= 4 is 17.0 Å². The lowest BCUT2D eigenvalue weighted by molar-refractivity contribution is 0.115. The summed E-state index contributed by atoms with van der Waals surface area (Å²) in [7, 11) is 0. The third-order valence-electron chi connectivity index (χ3n) is 0.449. The molecule has 0 unspecified atom stereocenters. The van der Waals surface area contributed by atoms with Crippen molar-refractivity contribution in [1.82, 2.24) is 5.48 Å². The Bertz CT molecular complexity index is 48.8. The molecule has 0 aromatic rings. The van der Waals surface area contributed by atoms with Crippen LogP contribution in [0.3, 0.4) is 0 Å². The van der Waals surface area contributed by atoms with E-state index < -0.39 is 0 Å². The lowest BCUT2D eigenvalue weighted by Gasteiger charge is -1.82. The van der Waals surface area contributed by atoms with E-state index in [1.165, 1.54) is 0 Å². The smallest absolute Gasteiger partial charge is 0.0945 e. The van der Waals surface area contributed by atoms with Gasteiger partial charge in [-0.05, 0) is 6.08 Å². The molecule has 3 heteroatoms. The molecule has 1 aliphatic rings. The predicted octanol–water partition coefficient (Wildman–Crippen LogP) is 0.613. The van der Waals surface area contributed by atoms with Crippen LogP contribution in [-0.2, 0) is 4.84 Å². The van der Waals surface area contributed by atoms with E-state index in [0.29, 0.717) is 6.61 Å². The van der Waals surface area contributed by atoms with Crippen LogP contribution in [0.25, 0.3) is 0 Å². The molecule has 6 heavy (non-hydrogen) atoms. The third-order valence-corrected chi connectivity index (χ3v) is 0.449. The number of hydrogen-bond acceptors (Lipinski definition) is 2. The summed E-state index contributed by atoms with van der Waals surface area (Å²) in [5.41, 5.74) is 2.54. The Hall–Kier alpha value is -0.0200. The minimum Gasteiger partial charge on any atom is -0.274 e. The highest BCUT2D eigenvalue weighted by atomic mass is 79.9. The van der Waals surface area contributed by atoms with Gasteiger partial charge in [0.1, 0.15) is 0 Å². The third kappa shape index (κ3) is 1.43. The van der Waals surface area contributed by atoms with Crippen molar-refractivity contribution in [2.45, 2.75) is 0 Å². The topological polar surface area (TPSA) is 21.3 Å². The molecule has 36 valence electrons. The fraction of sp³-hybridized carbons (Fsp3) is 0.333. The largest absolute Gasteiger partial charge is 0.274 e. The van der Waals surface area contributed by atoms with Crippen molar-refractivity contribution in [3.05, 3.63) is 12.3 Å². The molecule has 0 atom stereocenters. The van der Waals surface area contributed by atoms with Gasteiger partial charge in [0.2, 0.25) is 0 Å². The van der Waals surface area contributed by atoms with Crippen LogP contribution < -0.4 is 5.48 Å². The van der Waals surface area contributed by atoms with Gasteiger partial charge in [-0.15, -0.1) is 17.0 Å². The van der Waals surface area contributed by atoms with E-state index in [2.05, 4.69) is 10.3 Å². The maximum Gasteiger partial charge on any atom is 0.0945 e. The highest BCUT2D eigenvalue weighted by Crippen LogP contribution is 1.77. The van der Waals surface area contributed by atoms with Gasteiger partial charge >= 0.3 is 0 Å². The highest BCUT2D eigenvalue weighted by Gasteiger charge is 1.80. The molecule has 0 amide bonds. The molecule has 0 saturated heterocycles. The zero-order valence-electron chi connectivity index (χ0n) is 3.18. The summed E-state index contributed by atoms with van der Waals surface area (Å²) in [6.45, 7) is 0.708. The fourth-order valence-electron chi connectivity index (χ4n) is 0.241. The van der Waals surface area contributed by atoms with E-state index in [0.717, 1.165) is 0 Å². The molecule has 0 aromatic heterocycles. The van der Waals surface area contributed by atoms with Gasteiger partial charge in [0.25, 0.3) is 0 Å². The van der Waals surface area contributed by atoms with Crippen LogP contribution in [0.1, 0.15) is 0 Å². The van der Waals surface area contributed by atoms with Gasteiger partial charge in [-0.2, -0.15) is 0 Å². The number of halogens is 1. The Morgan fingerprint density at radius 1 is 1.67 bits per heavy atom. The SMILES string of the molecule is Br.C1=CNOC1. The number of hydroxylamine groups is 1. The zero-order valence-corrected chi connectivity index (χ0v) is 4.89. The quantitative estimate of drug-likeness (QED) is 0.549. The first-order chi connectivity index (χ1) is 2.50. The normalized spacial score (nSPS) is 16.0. The molecule has 1 N–H and O–H groups in total. The monoisotopic (exact) mass is 151 g/mol. The summed E-state index contributed by atoms with van der Waals surface area (Å²) in [5, 5.41) is 0. The van der Waals surface area contributed by atoms with Gasteiger partial charge in [-0.25, -0.2) is 0 Å². The van der Waals surface area contributed by atoms with E-state index in [9.17, 15) is 0 Å². The van der Waals surface area contributed by atoms with Gasteiger partial charge in [-0.3, -0.25) is 10.3 Å². The lowest BCUT2D eigenvalue weighted by atomic mass is 10.7. The first kappa shape index (κ1) is 5.98. The molecule has 0 saturated carbocycles. The molecule has 0 radical (unpaired) electrons. The Labute approximate surface area is 46.9 Å². The Balaban J connectivity index is 0.000000250. The van der Waals surface area contributed by atoms with Gasteiger partial charge in [0, 0.05) is 6.20 Å². The molecule has 0 bridgehead atoms. The molecular formula is C3H6BrNO. The molecule has 0 aromatic carbocycles. The minimum atomic E-state index is 0. The molecule has 2 nitrogen and oxygen atoms in total. The van der Waals surface area contributed by atoms with E-state index in [1.807, 2.05) is 6.08 Å². The van der Waals surface area contributed by atoms with Gasteiger partial charge in [0.05, 0.1) is 6.61 Å². The van der Waals surface area contributed by atoms with Crippen LogP contribution in [0.2, 0.25) is 0 Å². The summed E-state index contributed by atoms with van der Waals surface area (Å²) in [4.78, 5) is 4.58.